The van der Waals surface area contributed by atoms with Gasteiger partial charge >= 0.3 is 0 Å². The lowest BCUT2D eigenvalue weighted by Crippen LogP contribution is -2.45. The van der Waals surface area contributed by atoms with E-state index in [1.54, 1.807) is 6.20 Å². The molecule has 0 saturated carbocycles. The van der Waals surface area contributed by atoms with Crippen molar-refractivity contribution < 1.29 is 4.79 Å². The van der Waals surface area contributed by atoms with Gasteiger partial charge in [-0.15, -0.1) is 0 Å². The molecule has 1 amide bonds. The Bertz CT molecular complexity index is 808. The number of rotatable bonds is 5. The van der Waals surface area contributed by atoms with Gasteiger partial charge in [0.15, 0.2) is 0 Å². The molecule has 0 radical (unpaired) electrons. The molecule has 1 atom stereocenters. The normalized spacial score (nSPS) is 16.4. The van der Waals surface area contributed by atoms with E-state index in [1.807, 2.05) is 38.4 Å². The minimum Gasteiger partial charge on any atom is -0.350 e. The van der Waals surface area contributed by atoms with Crippen molar-refractivity contribution in [2.75, 3.05) is 44.7 Å². The Morgan fingerprint density at radius 2 is 1.93 bits per heavy atom. The molecule has 0 spiro atoms. The number of nitrogens with zero attached hydrogens (tertiary/aromatic N) is 6. The van der Waals surface area contributed by atoms with Gasteiger partial charge in [-0.2, -0.15) is 5.10 Å². The van der Waals surface area contributed by atoms with Crippen molar-refractivity contribution in [3.63, 3.8) is 0 Å². The summed E-state index contributed by atoms with van der Waals surface area (Å²) in [6.45, 7) is 12.2. The molecule has 8 nitrogen and oxygen atoms in total. The minimum atomic E-state index is -0.147. The fourth-order valence-corrected chi connectivity index (χ4v) is 3.35. The Kier molecular flexibility index (Phi) is 5.74. The van der Waals surface area contributed by atoms with Crippen molar-refractivity contribution in [1.29, 1.82) is 0 Å². The molecule has 0 aliphatic carbocycles. The van der Waals surface area contributed by atoms with Crippen LogP contribution in [-0.4, -0.2) is 70.3 Å². The molecule has 27 heavy (non-hydrogen) atoms. The molecule has 1 N–H and O–H groups in total. The number of piperazine rings is 1. The van der Waals surface area contributed by atoms with E-state index in [4.69, 9.17) is 0 Å². The van der Waals surface area contributed by atoms with Gasteiger partial charge in [0.1, 0.15) is 0 Å². The molecule has 146 valence electrons. The maximum atomic E-state index is 12.6. The number of amides is 1. The maximum Gasteiger partial charge on any atom is 0.254 e. The topological polar surface area (TPSA) is 79.2 Å². The Hall–Kier alpha value is -2.48. The molecule has 1 aliphatic heterocycles. The van der Waals surface area contributed by atoms with E-state index in [2.05, 4.69) is 37.2 Å². The number of hydrogen-bond acceptors (Lipinski definition) is 6. The first-order valence-corrected chi connectivity index (χ1v) is 9.43. The smallest absolute Gasteiger partial charge is 0.254 e. The Morgan fingerprint density at radius 1 is 1.22 bits per heavy atom. The zero-order valence-corrected chi connectivity index (χ0v) is 16.9. The largest absolute Gasteiger partial charge is 0.350 e. The van der Waals surface area contributed by atoms with Crippen molar-refractivity contribution in [1.82, 2.24) is 30.0 Å². The highest BCUT2D eigenvalue weighted by Gasteiger charge is 2.19. The predicted molar refractivity (Wildman–Crippen MR) is 105 cm³/mol. The van der Waals surface area contributed by atoms with E-state index >= 15 is 0 Å². The predicted octanol–water partition coefficient (Wildman–Crippen LogP) is 1.34. The second-order valence-electron chi connectivity index (χ2n) is 7.39. The van der Waals surface area contributed by atoms with E-state index in [1.165, 1.54) is 0 Å². The molecule has 2 aromatic heterocycles. The number of likely N-dealkylation sites (N-methyl/N-ethyl adjacent to an activating group) is 1. The van der Waals surface area contributed by atoms with E-state index < -0.39 is 0 Å². The number of carbonyl (C=O) groups excluding carboxylic acids is 1. The minimum absolute atomic E-state index is 0.0773. The molecule has 1 fully saturated rings. The van der Waals surface area contributed by atoms with E-state index in [0.29, 0.717) is 23.8 Å². The molecule has 0 unspecified atom stereocenters. The Labute approximate surface area is 160 Å². The summed E-state index contributed by atoms with van der Waals surface area (Å²) in [6.07, 6.45) is 1.64. The standard InChI is InChI=1S/C19H29N7O/c1-13-10-14(2)26(23-13)15(3)11-20-18(27)17-12-21-19(22-16(17)4)25-8-6-24(5)7-9-25/h10,12,15H,6-9,11H2,1-5H3,(H,20,27)/t15-/m1/s1. The average Bonchev–Trinajstić information content (AvgIpc) is 2.98. The van der Waals surface area contributed by atoms with E-state index in [0.717, 1.165) is 37.6 Å². The van der Waals surface area contributed by atoms with Crippen LogP contribution >= 0.6 is 0 Å². The van der Waals surface area contributed by atoms with Gasteiger partial charge in [0.25, 0.3) is 5.91 Å². The number of aromatic nitrogens is 4. The third-order valence-corrected chi connectivity index (χ3v) is 5.02. The van der Waals surface area contributed by atoms with Crippen LogP contribution in [0.25, 0.3) is 0 Å². The number of aryl methyl sites for hydroxylation is 3. The van der Waals surface area contributed by atoms with Gasteiger partial charge in [0.2, 0.25) is 5.95 Å². The number of carbonyl (C=O) groups is 1. The fourth-order valence-electron chi connectivity index (χ4n) is 3.35. The second kappa shape index (κ2) is 8.04. The Balaban J connectivity index is 1.62. The highest BCUT2D eigenvalue weighted by molar-refractivity contribution is 5.95. The molecule has 1 aliphatic rings. The first kappa shape index (κ1) is 19.3. The lowest BCUT2D eigenvalue weighted by atomic mass is 10.2. The number of anilines is 1. The van der Waals surface area contributed by atoms with E-state index in [-0.39, 0.29) is 11.9 Å². The summed E-state index contributed by atoms with van der Waals surface area (Å²) >= 11 is 0. The van der Waals surface area contributed by atoms with Crippen LogP contribution in [0, 0.1) is 20.8 Å². The summed E-state index contributed by atoms with van der Waals surface area (Å²) < 4.78 is 1.94. The highest BCUT2D eigenvalue weighted by Crippen LogP contribution is 2.14. The molecule has 0 aromatic carbocycles. The summed E-state index contributed by atoms with van der Waals surface area (Å²) in [5, 5.41) is 7.46. The lowest BCUT2D eigenvalue weighted by molar-refractivity contribution is 0.0946. The zero-order chi connectivity index (χ0) is 19.6. The van der Waals surface area contributed by atoms with Crippen LogP contribution in [0.4, 0.5) is 5.95 Å². The van der Waals surface area contributed by atoms with Gasteiger partial charge in [0, 0.05) is 44.6 Å². The molecule has 0 bridgehead atoms. The molecule has 1 saturated heterocycles. The van der Waals surface area contributed by atoms with Gasteiger partial charge in [-0.3, -0.25) is 9.48 Å². The van der Waals surface area contributed by atoms with Crippen LogP contribution in [0.5, 0.6) is 0 Å². The summed E-state index contributed by atoms with van der Waals surface area (Å²) in [6, 6.07) is 2.11. The molecular weight excluding hydrogens is 342 g/mol. The van der Waals surface area contributed by atoms with Crippen molar-refractivity contribution in [2.24, 2.45) is 0 Å². The first-order valence-electron chi connectivity index (χ1n) is 9.43. The average molecular weight is 371 g/mol. The molecule has 2 aromatic rings. The van der Waals surface area contributed by atoms with Gasteiger partial charge < -0.3 is 15.1 Å². The summed E-state index contributed by atoms with van der Waals surface area (Å²) in [5.74, 6) is 0.555. The summed E-state index contributed by atoms with van der Waals surface area (Å²) in [7, 11) is 2.12. The molecule has 3 rings (SSSR count). The van der Waals surface area contributed by atoms with E-state index in [9.17, 15) is 4.79 Å². The van der Waals surface area contributed by atoms with Crippen molar-refractivity contribution >= 4 is 11.9 Å². The maximum absolute atomic E-state index is 12.6. The van der Waals surface area contributed by atoms with Crippen LogP contribution < -0.4 is 10.2 Å². The fraction of sp³-hybridized carbons (Fsp3) is 0.579. The third-order valence-electron chi connectivity index (χ3n) is 5.02. The highest BCUT2D eigenvalue weighted by atomic mass is 16.1. The van der Waals surface area contributed by atoms with Crippen molar-refractivity contribution in [3.8, 4) is 0 Å². The van der Waals surface area contributed by atoms with Crippen LogP contribution in [0.2, 0.25) is 0 Å². The third kappa shape index (κ3) is 4.44. The summed E-state index contributed by atoms with van der Waals surface area (Å²) in [4.78, 5) is 26.0. The summed E-state index contributed by atoms with van der Waals surface area (Å²) in [5.41, 5.74) is 3.29. The van der Waals surface area contributed by atoms with Gasteiger partial charge in [-0.25, -0.2) is 9.97 Å². The second-order valence-corrected chi connectivity index (χ2v) is 7.39. The Morgan fingerprint density at radius 3 is 2.52 bits per heavy atom. The van der Waals surface area contributed by atoms with Crippen LogP contribution in [0.15, 0.2) is 12.3 Å². The van der Waals surface area contributed by atoms with Crippen molar-refractivity contribution in [2.45, 2.75) is 33.7 Å². The van der Waals surface area contributed by atoms with Gasteiger partial charge in [-0.1, -0.05) is 0 Å². The first-order chi connectivity index (χ1) is 12.8. The van der Waals surface area contributed by atoms with Crippen LogP contribution in [0.1, 0.15) is 40.4 Å². The van der Waals surface area contributed by atoms with Crippen molar-refractivity contribution in [3.05, 3.63) is 34.9 Å². The molecular formula is C19H29N7O. The SMILES string of the molecule is Cc1cc(C)n([C@H](C)CNC(=O)c2cnc(N3CCN(C)CC3)nc2C)n1. The molecule has 3 heterocycles. The van der Waals surface area contributed by atoms with Crippen LogP contribution in [0.3, 0.4) is 0 Å². The molecule has 8 heteroatoms. The number of nitrogens with one attached hydrogen (secondary N) is 1. The zero-order valence-electron chi connectivity index (χ0n) is 16.9. The van der Waals surface area contributed by atoms with Crippen LogP contribution in [-0.2, 0) is 0 Å². The lowest BCUT2D eigenvalue weighted by Gasteiger charge is -2.32. The monoisotopic (exact) mass is 371 g/mol. The van der Waals surface area contributed by atoms with Gasteiger partial charge in [0.05, 0.1) is 23.0 Å². The quantitative estimate of drug-likeness (QED) is 0.855. The number of hydrogen-bond donors (Lipinski definition) is 1. The van der Waals surface area contributed by atoms with Gasteiger partial charge in [-0.05, 0) is 40.8 Å².